The van der Waals surface area contributed by atoms with Gasteiger partial charge in [-0.15, -0.1) is 0 Å². The molecule has 0 spiro atoms. The summed E-state index contributed by atoms with van der Waals surface area (Å²) >= 11 is 0. The molecule has 1 unspecified atom stereocenters. The molecule has 0 fully saturated rings. The van der Waals surface area contributed by atoms with Gasteiger partial charge in [-0.05, 0) is 110 Å². The summed E-state index contributed by atoms with van der Waals surface area (Å²) in [5.74, 6) is 2.70. The Hall–Kier alpha value is -4.66. The number of hydrogen-bond acceptors (Lipinski definition) is 7. The number of allylic oxidation sites excluding steroid dienone is 7. The Kier molecular flexibility index (Phi) is 12.8. The van der Waals surface area contributed by atoms with Gasteiger partial charge in [0.2, 0.25) is 5.69 Å². The highest BCUT2D eigenvalue weighted by molar-refractivity contribution is 6.03. The van der Waals surface area contributed by atoms with Crippen LogP contribution < -0.4 is 14.4 Å². The zero-order valence-corrected chi connectivity index (χ0v) is 36.2. The fourth-order valence-electron chi connectivity index (χ4n) is 8.71. The van der Waals surface area contributed by atoms with E-state index in [2.05, 4.69) is 136 Å². The van der Waals surface area contributed by atoms with E-state index in [0.717, 1.165) is 61.6 Å². The van der Waals surface area contributed by atoms with Gasteiger partial charge in [0.15, 0.2) is 12.3 Å². The van der Waals surface area contributed by atoms with Crippen LogP contribution in [0.15, 0.2) is 108 Å². The van der Waals surface area contributed by atoms with Gasteiger partial charge in [-0.3, -0.25) is 4.98 Å². The molecule has 6 rings (SSSR count). The van der Waals surface area contributed by atoms with E-state index in [1.165, 1.54) is 45.1 Å². The average molecular weight is 775 g/mol. The number of pyridine rings is 1. The van der Waals surface area contributed by atoms with E-state index in [9.17, 15) is 0 Å². The number of ether oxygens (including phenoxy) is 5. The molecule has 1 aliphatic carbocycles. The minimum absolute atomic E-state index is 0.178. The molecule has 8 nitrogen and oxygen atoms in total. The quantitative estimate of drug-likeness (QED) is 0.106. The second-order valence-corrected chi connectivity index (χ2v) is 17.5. The fourth-order valence-corrected chi connectivity index (χ4v) is 8.71. The predicted molar refractivity (Wildman–Crippen MR) is 231 cm³/mol. The average Bonchev–Trinajstić information content (AvgIpc) is 3.75. The van der Waals surface area contributed by atoms with E-state index in [-0.39, 0.29) is 22.3 Å². The lowest BCUT2D eigenvalue weighted by molar-refractivity contribution is -0.438. The van der Waals surface area contributed by atoms with E-state index in [1.54, 1.807) is 28.4 Å². The number of methoxy groups -OCH3 is 4. The van der Waals surface area contributed by atoms with E-state index < -0.39 is 0 Å². The van der Waals surface area contributed by atoms with Gasteiger partial charge < -0.3 is 28.6 Å². The standard InChI is InChI=1S/C49H64N3O5/c1-47(2,3)46(36-24-26-50-27-25-36)57-45-34(16-22-43-48(4,5)39-32-37(55-10)18-20-41(39)51(43)28-12-30-53-8)14-15-35(45)17-23-44-49(6,7)40-33-38(56-11)19-21-42(40)52(44)29-13-31-54-9/h16-27,32-33,46H,12-15,28-31H2,1-11H3/q+1. The van der Waals surface area contributed by atoms with Crippen molar-refractivity contribution in [2.24, 2.45) is 5.41 Å². The molecule has 1 atom stereocenters. The normalized spacial score (nSPS) is 19.2. The van der Waals surface area contributed by atoms with Crippen molar-refractivity contribution >= 4 is 17.1 Å². The molecule has 8 heteroatoms. The number of aromatic nitrogens is 1. The Bertz CT molecular complexity index is 2070. The van der Waals surface area contributed by atoms with Crippen molar-refractivity contribution in [1.29, 1.82) is 0 Å². The first-order valence-corrected chi connectivity index (χ1v) is 20.4. The Balaban J connectivity index is 1.47. The highest BCUT2D eigenvalue weighted by atomic mass is 16.5. The molecule has 57 heavy (non-hydrogen) atoms. The third-order valence-corrected chi connectivity index (χ3v) is 11.8. The highest BCUT2D eigenvalue weighted by Gasteiger charge is 2.45. The van der Waals surface area contributed by atoms with Crippen LogP contribution >= 0.6 is 0 Å². The molecule has 3 aromatic rings. The van der Waals surface area contributed by atoms with Crippen LogP contribution in [0.2, 0.25) is 0 Å². The molecular weight excluding hydrogens is 711 g/mol. The molecule has 1 aromatic heterocycles. The van der Waals surface area contributed by atoms with Crippen LogP contribution in [-0.4, -0.2) is 70.0 Å². The minimum Gasteiger partial charge on any atom is -0.497 e. The fraction of sp³-hybridized carbons (Fsp3) is 0.469. The van der Waals surface area contributed by atoms with Crippen molar-refractivity contribution in [2.75, 3.05) is 59.6 Å². The zero-order chi connectivity index (χ0) is 41.0. The molecular formula is C49H64N3O5+. The Morgan fingerprint density at radius 3 is 2.12 bits per heavy atom. The van der Waals surface area contributed by atoms with E-state index in [1.807, 2.05) is 12.4 Å². The summed E-state index contributed by atoms with van der Waals surface area (Å²) in [4.78, 5) is 6.79. The largest absolute Gasteiger partial charge is 0.497 e. The van der Waals surface area contributed by atoms with Crippen LogP contribution in [0.25, 0.3) is 0 Å². The zero-order valence-electron chi connectivity index (χ0n) is 36.2. The first-order valence-electron chi connectivity index (χ1n) is 20.4. The lowest BCUT2D eigenvalue weighted by Gasteiger charge is -2.32. The maximum atomic E-state index is 7.32. The van der Waals surface area contributed by atoms with Gasteiger partial charge in [0, 0.05) is 86.1 Å². The van der Waals surface area contributed by atoms with Gasteiger partial charge in [0.25, 0.3) is 0 Å². The molecule has 0 N–H and O–H groups in total. The van der Waals surface area contributed by atoms with Gasteiger partial charge in [0.1, 0.15) is 23.4 Å². The van der Waals surface area contributed by atoms with Crippen LogP contribution in [0.5, 0.6) is 11.5 Å². The molecule has 3 aliphatic rings. The summed E-state index contributed by atoms with van der Waals surface area (Å²) in [5, 5.41) is 0. The third kappa shape index (κ3) is 8.63. The number of fused-ring (bicyclic) bond motifs is 2. The van der Waals surface area contributed by atoms with Gasteiger partial charge in [0.05, 0.1) is 26.2 Å². The topological polar surface area (TPSA) is 65.3 Å². The van der Waals surface area contributed by atoms with E-state index >= 15 is 0 Å². The van der Waals surface area contributed by atoms with Crippen molar-refractivity contribution in [2.45, 2.75) is 91.1 Å². The van der Waals surface area contributed by atoms with Crippen LogP contribution in [0, 0.1) is 5.41 Å². The maximum absolute atomic E-state index is 7.32. The smallest absolute Gasteiger partial charge is 0.210 e. The number of anilines is 1. The first-order chi connectivity index (χ1) is 27.3. The van der Waals surface area contributed by atoms with E-state index in [4.69, 9.17) is 23.7 Å². The summed E-state index contributed by atoms with van der Waals surface area (Å²) in [5.41, 5.74) is 10.3. The minimum atomic E-state index is -0.236. The number of nitrogens with zero attached hydrogens (tertiary/aromatic N) is 3. The molecule has 0 radical (unpaired) electrons. The van der Waals surface area contributed by atoms with Gasteiger partial charge in [-0.1, -0.05) is 40.7 Å². The lowest BCUT2D eigenvalue weighted by Crippen LogP contribution is -2.28. The Morgan fingerprint density at radius 2 is 1.46 bits per heavy atom. The highest BCUT2D eigenvalue weighted by Crippen LogP contribution is 2.50. The van der Waals surface area contributed by atoms with Gasteiger partial charge in [-0.25, -0.2) is 0 Å². The lowest BCUT2D eigenvalue weighted by atomic mass is 9.81. The van der Waals surface area contributed by atoms with Crippen molar-refractivity contribution < 1.29 is 28.3 Å². The van der Waals surface area contributed by atoms with Gasteiger partial charge in [-0.2, -0.15) is 4.58 Å². The molecule has 0 amide bonds. The first kappa shape index (κ1) is 42.0. The molecule has 304 valence electrons. The monoisotopic (exact) mass is 774 g/mol. The summed E-state index contributed by atoms with van der Waals surface area (Å²) < 4.78 is 32.1. The number of hydrogen-bond donors (Lipinski definition) is 0. The summed E-state index contributed by atoms with van der Waals surface area (Å²) in [6.45, 7) is 19.1. The Labute approximate surface area is 341 Å². The predicted octanol–water partition coefficient (Wildman–Crippen LogP) is 10.6. The summed E-state index contributed by atoms with van der Waals surface area (Å²) in [6.07, 6.45) is 16.4. The second kappa shape index (κ2) is 17.5. The number of rotatable bonds is 16. The summed E-state index contributed by atoms with van der Waals surface area (Å²) in [7, 11) is 7.01. The molecule has 2 aromatic carbocycles. The van der Waals surface area contributed by atoms with Crippen molar-refractivity contribution in [3.05, 3.63) is 125 Å². The van der Waals surface area contributed by atoms with Crippen LogP contribution in [0.4, 0.5) is 11.4 Å². The molecule has 2 aliphatic heterocycles. The molecule has 0 bridgehead atoms. The van der Waals surface area contributed by atoms with Crippen molar-refractivity contribution in [3.8, 4) is 11.5 Å². The van der Waals surface area contributed by atoms with Crippen LogP contribution in [-0.2, 0) is 25.0 Å². The SMILES string of the molecule is COCCCN1/C(=C/C=C2\CCC(/C=C/C3=[N+](CCCOC)c4ccc(OC)cc4C3(C)C)=C2OC(c2ccncc2)C(C)(C)C)C(C)(C)c2cc(OC)ccc21. The van der Waals surface area contributed by atoms with Crippen molar-refractivity contribution in [1.82, 2.24) is 4.98 Å². The molecule has 0 saturated carbocycles. The second-order valence-electron chi connectivity index (χ2n) is 17.5. The van der Waals surface area contributed by atoms with Gasteiger partial charge >= 0.3 is 0 Å². The molecule has 3 heterocycles. The van der Waals surface area contributed by atoms with Crippen LogP contribution in [0.3, 0.4) is 0 Å². The van der Waals surface area contributed by atoms with E-state index in [0.29, 0.717) is 13.2 Å². The third-order valence-electron chi connectivity index (χ3n) is 11.8. The van der Waals surface area contributed by atoms with Crippen LogP contribution in [0.1, 0.15) is 96.9 Å². The van der Waals surface area contributed by atoms with Crippen molar-refractivity contribution in [3.63, 3.8) is 0 Å². The summed E-state index contributed by atoms with van der Waals surface area (Å²) in [6, 6.07) is 17.1. The Morgan fingerprint density at radius 1 is 0.789 bits per heavy atom. The number of benzene rings is 2. The maximum Gasteiger partial charge on any atom is 0.210 e. The molecule has 0 saturated heterocycles.